The number of anilines is 1. The van der Waals surface area contributed by atoms with E-state index in [1.54, 1.807) is 11.3 Å². The Kier molecular flexibility index (Phi) is 6.87. The van der Waals surface area contributed by atoms with E-state index in [2.05, 4.69) is 39.4 Å². The number of hydrogen-bond acceptors (Lipinski definition) is 7. The molecular weight excluding hydrogens is 462 g/mol. The molecule has 0 radical (unpaired) electrons. The van der Waals surface area contributed by atoms with E-state index in [1.807, 2.05) is 60.4 Å². The molecule has 3 heterocycles. The summed E-state index contributed by atoms with van der Waals surface area (Å²) in [5.74, 6) is 0.520. The second-order valence-corrected chi connectivity index (χ2v) is 10.0. The topological polar surface area (TPSA) is 62.2 Å². The lowest BCUT2D eigenvalue weighted by Gasteiger charge is -2.36. The number of thiazole rings is 1. The quantitative estimate of drug-likeness (QED) is 0.356. The summed E-state index contributed by atoms with van der Waals surface area (Å²) in [6, 6.07) is 24.4. The highest BCUT2D eigenvalue weighted by molar-refractivity contribution is 7.99. The molecule has 0 saturated carbocycles. The highest BCUT2D eigenvalue weighted by atomic mass is 32.2. The summed E-state index contributed by atoms with van der Waals surface area (Å²) in [6.07, 6.45) is 0. The molecule has 0 atom stereocenters. The number of thioether (sulfide) groups is 1. The summed E-state index contributed by atoms with van der Waals surface area (Å²) in [6.45, 7) is 5.20. The van der Waals surface area contributed by atoms with Crippen LogP contribution in [0.3, 0.4) is 0 Å². The maximum Gasteiger partial charge on any atom is 0.233 e. The molecule has 2 aromatic heterocycles. The molecule has 0 bridgehead atoms. The van der Waals surface area contributed by atoms with Crippen molar-refractivity contribution in [3.05, 3.63) is 78.5 Å². The molecule has 172 valence electrons. The molecule has 5 rings (SSSR count). The Bertz CT molecular complexity index is 1240. The van der Waals surface area contributed by atoms with Gasteiger partial charge >= 0.3 is 0 Å². The van der Waals surface area contributed by atoms with Crippen molar-refractivity contribution >= 4 is 34.7 Å². The lowest BCUT2D eigenvalue weighted by Crippen LogP contribution is -2.49. The molecule has 0 N–H and O–H groups in total. The van der Waals surface area contributed by atoms with E-state index in [0.29, 0.717) is 5.75 Å². The van der Waals surface area contributed by atoms with Crippen LogP contribution in [0, 0.1) is 6.92 Å². The maximum atomic E-state index is 12.7. The molecule has 1 aliphatic rings. The van der Waals surface area contributed by atoms with Crippen LogP contribution in [0.25, 0.3) is 21.1 Å². The van der Waals surface area contributed by atoms with E-state index < -0.39 is 0 Å². The second-order valence-electron chi connectivity index (χ2n) is 8.05. The number of aromatic nitrogens is 3. The van der Waals surface area contributed by atoms with Crippen molar-refractivity contribution in [2.24, 2.45) is 0 Å². The number of amides is 1. The van der Waals surface area contributed by atoms with Crippen molar-refractivity contribution < 1.29 is 4.79 Å². The molecule has 6 nitrogen and oxygen atoms in total. The number of piperazine rings is 1. The Hall–Kier alpha value is -3.23. The minimum absolute atomic E-state index is 0.148. The van der Waals surface area contributed by atoms with Crippen LogP contribution < -0.4 is 4.90 Å². The fraction of sp³-hybridized carbons (Fsp3) is 0.231. The normalized spacial score (nSPS) is 13.8. The number of benzene rings is 2. The first-order valence-electron chi connectivity index (χ1n) is 11.2. The van der Waals surface area contributed by atoms with Crippen LogP contribution >= 0.6 is 23.1 Å². The van der Waals surface area contributed by atoms with Crippen LogP contribution in [0.15, 0.2) is 77.8 Å². The van der Waals surface area contributed by atoms with Gasteiger partial charge in [-0.05, 0) is 31.2 Å². The Morgan fingerprint density at radius 3 is 2.29 bits per heavy atom. The zero-order valence-corrected chi connectivity index (χ0v) is 20.6. The van der Waals surface area contributed by atoms with Gasteiger partial charge in [-0.15, -0.1) is 21.5 Å². The minimum atomic E-state index is 0.148. The fourth-order valence-corrected chi connectivity index (χ4v) is 5.69. The summed E-state index contributed by atoms with van der Waals surface area (Å²) in [4.78, 5) is 22.7. The third kappa shape index (κ3) is 5.13. The number of para-hydroxylation sites is 1. The van der Waals surface area contributed by atoms with Crippen molar-refractivity contribution in [3.63, 3.8) is 0 Å². The van der Waals surface area contributed by atoms with Crippen LogP contribution in [0.2, 0.25) is 0 Å². The molecule has 0 unspecified atom stereocenters. The molecule has 4 aromatic rings. The van der Waals surface area contributed by atoms with Gasteiger partial charge in [0.15, 0.2) is 0 Å². The van der Waals surface area contributed by atoms with Crippen molar-refractivity contribution in [2.45, 2.75) is 11.9 Å². The summed E-state index contributed by atoms with van der Waals surface area (Å²) < 4.78 is 0. The average Bonchev–Trinajstić information content (AvgIpc) is 3.30. The first-order valence-corrected chi connectivity index (χ1v) is 13.0. The van der Waals surface area contributed by atoms with Gasteiger partial charge in [-0.1, -0.05) is 60.3 Å². The van der Waals surface area contributed by atoms with Gasteiger partial charge in [-0.3, -0.25) is 4.79 Å². The zero-order chi connectivity index (χ0) is 23.3. The lowest BCUT2D eigenvalue weighted by atomic mass is 10.2. The van der Waals surface area contributed by atoms with Gasteiger partial charge in [0.2, 0.25) is 5.91 Å². The molecule has 1 aliphatic heterocycles. The van der Waals surface area contributed by atoms with Gasteiger partial charge in [-0.2, -0.15) is 0 Å². The number of carbonyl (C=O) groups excluding carboxylic acids is 1. The number of carbonyl (C=O) groups is 1. The number of aryl methyl sites for hydroxylation is 1. The van der Waals surface area contributed by atoms with Crippen LogP contribution in [0.4, 0.5) is 5.69 Å². The van der Waals surface area contributed by atoms with E-state index >= 15 is 0 Å². The zero-order valence-electron chi connectivity index (χ0n) is 18.9. The molecule has 0 spiro atoms. The van der Waals surface area contributed by atoms with Crippen molar-refractivity contribution in [1.82, 2.24) is 20.1 Å². The van der Waals surface area contributed by atoms with Crippen molar-refractivity contribution in [3.8, 4) is 21.1 Å². The van der Waals surface area contributed by atoms with E-state index in [1.165, 1.54) is 17.4 Å². The lowest BCUT2D eigenvalue weighted by molar-refractivity contribution is -0.128. The summed E-state index contributed by atoms with van der Waals surface area (Å²) in [5.41, 5.74) is 4.07. The molecule has 8 heteroatoms. The number of rotatable bonds is 6. The van der Waals surface area contributed by atoms with Gasteiger partial charge in [-0.25, -0.2) is 4.98 Å². The van der Waals surface area contributed by atoms with E-state index in [-0.39, 0.29) is 5.91 Å². The molecule has 2 aromatic carbocycles. The van der Waals surface area contributed by atoms with Crippen LogP contribution in [-0.4, -0.2) is 57.9 Å². The largest absolute Gasteiger partial charge is 0.368 e. The highest BCUT2D eigenvalue weighted by Crippen LogP contribution is 2.34. The predicted octanol–water partition coefficient (Wildman–Crippen LogP) is 5.02. The molecule has 1 saturated heterocycles. The molecule has 1 amide bonds. The highest BCUT2D eigenvalue weighted by Gasteiger charge is 2.21. The number of nitrogens with zero attached hydrogens (tertiary/aromatic N) is 5. The van der Waals surface area contributed by atoms with Gasteiger partial charge in [0, 0.05) is 37.4 Å². The fourth-order valence-electron chi connectivity index (χ4n) is 3.94. The first-order chi connectivity index (χ1) is 16.7. The summed E-state index contributed by atoms with van der Waals surface area (Å²) in [7, 11) is 0. The molecular formula is C26H25N5OS2. The smallest absolute Gasteiger partial charge is 0.233 e. The van der Waals surface area contributed by atoms with Crippen molar-refractivity contribution in [2.75, 3.05) is 36.8 Å². The van der Waals surface area contributed by atoms with Gasteiger partial charge in [0.05, 0.1) is 16.3 Å². The first kappa shape index (κ1) is 22.6. The summed E-state index contributed by atoms with van der Waals surface area (Å²) in [5, 5.41) is 10.5. The Balaban J connectivity index is 1.16. The van der Waals surface area contributed by atoms with E-state index in [4.69, 9.17) is 4.98 Å². The third-order valence-electron chi connectivity index (χ3n) is 5.79. The van der Waals surface area contributed by atoms with E-state index in [0.717, 1.165) is 58.0 Å². The van der Waals surface area contributed by atoms with Gasteiger partial charge in [0.25, 0.3) is 0 Å². The van der Waals surface area contributed by atoms with Crippen molar-refractivity contribution in [1.29, 1.82) is 0 Å². The van der Waals surface area contributed by atoms with Crippen LogP contribution in [0.1, 0.15) is 5.69 Å². The Labute approximate surface area is 207 Å². The third-order valence-corrected chi connectivity index (χ3v) is 7.92. The SMILES string of the molecule is Cc1nc(-c2ccccc2)sc1-c1ccc(SCC(=O)N2CCN(c3ccccc3)CC2)nn1. The van der Waals surface area contributed by atoms with E-state index in [9.17, 15) is 4.79 Å². The van der Waals surface area contributed by atoms with Crippen LogP contribution in [-0.2, 0) is 4.79 Å². The predicted molar refractivity (Wildman–Crippen MR) is 139 cm³/mol. The summed E-state index contributed by atoms with van der Waals surface area (Å²) >= 11 is 3.06. The maximum absolute atomic E-state index is 12.7. The molecule has 34 heavy (non-hydrogen) atoms. The monoisotopic (exact) mass is 487 g/mol. The Morgan fingerprint density at radius 1 is 0.912 bits per heavy atom. The minimum Gasteiger partial charge on any atom is -0.368 e. The number of hydrogen-bond donors (Lipinski definition) is 0. The average molecular weight is 488 g/mol. The Morgan fingerprint density at radius 2 is 1.62 bits per heavy atom. The van der Waals surface area contributed by atoms with Gasteiger partial charge in [0.1, 0.15) is 15.7 Å². The molecule has 0 aliphatic carbocycles. The molecule has 1 fully saturated rings. The second kappa shape index (κ2) is 10.4. The van der Waals surface area contributed by atoms with Crippen LogP contribution in [0.5, 0.6) is 0 Å². The van der Waals surface area contributed by atoms with Gasteiger partial charge < -0.3 is 9.80 Å². The standard InChI is InChI=1S/C26H25N5OS2/c1-19-25(34-26(27-19)20-8-4-2-5-9-20)22-12-13-23(29-28-22)33-18-24(32)31-16-14-30(15-17-31)21-10-6-3-7-11-21/h2-13H,14-18H2,1H3.